The lowest BCUT2D eigenvalue weighted by molar-refractivity contribution is 0.187. The molecule has 1 aromatic carbocycles. The average molecular weight is 332 g/mol. The van der Waals surface area contributed by atoms with Crippen LogP contribution in [-0.2, 0) is 0 Å². The van der Waals surface area contributed by atoms with E-state index < -0.39 is 6.23 Å². The van der Waals surface area contributed by atoms with Crippen LogP contribution in [0.25, 0.3) is 10.9 Å². The van der Waals surface area contributed by atoms with E-state index in [-0.39, 0.29) is 11.2 Å². The number of benzene rings is 1. The molecule has 0 amide bonds. The number of aromatic nitrogens is 1. The summed E-state index contributed by atoms with van der Waals surface area (Å²) in [5, 5.41) is 14.1. The number of hydrogen-bond acceptors (Lipinski definition) is 4. The lowest BCUT2D eigenvalue weighted by Gasteiger charge is -2.26. The number of aliphatic hydroxyl groups is 1. The molecule has 4 rings (SSSR count). The zero-order chi connectivity index (χ0) is 17.1. The fourth-order valence-corrected chi connectivity index (χ4v) is 4.44. The van der Waals surface area contributed by atoms with E-state index >= 15 is 4.39 Å². The van der Waals surface area contributed by atoms with Crippen molar-refractivity contribution >= 4 is 16.6 Å². The molecule has 2 fully saturated rings. The van der Waals surface area contributed by atoms with Crippen molar-refractivity contribution in [3.8, 4) is 0 Å². The molecule has 2 aliphatic rings. The van der Waals surface area contributed by atoms with Crippen molar-refractivity contribution in [2.75, 3.05) is 31.1 Å². The molecule has 130 valence electrons. The first-order chi connectivity index (χ1) is 11.4. The molecule has 0 aliphatic carbocycles. The SMILES string of the molecule is Cc1[nH]c2c(C(N)O)cc(F)c(N3CCC4(CCNC4)C3)c2c1C. The molecule has 0 bridgehead atoms. The maximum atomic E-state index is 15.0. The number of aryl methyl sites for hydroxylation is 2. The predicted octanol–water partition coefficient (Wildman–Crippen LogP) is 2.06. The van der Waals surface area contributed by atoms with Crippen molar-refractivity contribution in [2.24, 2.45) is 11.1 Å². The summed E-state index contributed by atoms with van der Waals surface area (Å²) < 4.78 is 15.0. The lowest BCUT2D eigenvalue weighted by Crippen LogP contribution is -2.29. The fraction of sp³-hybridized carbons (Fsp3) is 0.556. The summed E-state index contributed by atoms with van der Waals surface area (Å²) in [6.07, 6.45) is 1.04. The normalized spacial score (nSPS) is 25.3. The van der Waals surface area contributed by atoms with E-state index in [1.54, 1.807) is 0 Å². The Labute approximate surface area is 141 Å². The van der Waals surface area contributed by atoms with Crippen LogP contribution < -0.4 is 16.0 Å². The molecule has 0 radical (unpaired) electrons. The zero-order valence-electron chi connectivity index (χ0n) is 14.2. The van der Waals surface area contributed by atoms with Crippen LogP contribution in [0, 0.1) is 25.1 Å². The molecule has 5 N–H and O–H groups in total. The number of fused-ring (bicyclic) bond motifs is 1. The molecule has 0 saturated carbocycles. The standard InChI is InChI=1S/C18H25FN4O/c1-10-11(2)22-15-12(17(20)24)7-13(19)16(14(10)15)23-6-4-18(9-23)3-5-21-8-18/h7,17,21-22,24H,3-6,8-9,20H2,1-2H3. The van der Waals surface area contributed by atoms with Gasteiger partial charge in [0.1, 0.15) is 12.0 Å². The van der Waals surface area contributed by atoms with Crippen molar-refractivity contribution in [2.45, 2.75) is 32.9 Å². The Balaban J connectivity index is 1.87. The van der Waals surface area contributed by atoms with Gasteiger partial charge in [0.05, 0.1) is 11.2 Å². The highest BCUT2D eigenvalue weighted by molar-refractivity contribution is 5.98. The van der Waals surface area contributed by atoms with Gasteiger partial charge in [-0.1, -0.05) is 0 Å². The lowest BCUT2D eigenvalue weighted by atomic mass is 9.86. The second kappa shape index (κ2) is 5.44. The number of anilines is 1. The van der Waals surface area contributed by atoms with E-state index in [4.69, 9.17) is 5.73 Å². The van der Waals surface area contributed by atoms with Crippen molar-refractivity contribution in [3.63, 3.8) is 0 Å². The van der Waals surface area contributed by atoms with Crippen LogP contribution in [0.4, 0.5) is 10.1 Å². The van der Waals surface area contributed by atoms with E-state index in [9.17, 15) is 5.11 Å². The Hall–Kier alpha value is -1.63. The number of halogens is 1. The number of H-pyrrole nitrogens is 1. The minimum absolute atomic E-state index is 0.268. The van der Waals surface area contributed by atoms with Crippen LogP contribution in [0.1, 0.15) is 35.9 Å². The predicted molar refractivity (Wildman–Crippen MR) is 93.6 cm³/mol. The van der Waals surface area contributed by atoms with Gasteiger partial charge in [-0.2, -0.15) is 0 Å². The molecule has 2 aliphatic heterocycles. The summed E-state index contributed by atoms with van der Waals surface area (Å²) in [7, 11) is 0. The first-order valence-electron chi connectivity index (χ1n) is 8.62. The minimum Gasteiger partial charge on any atom is -0.374 e. The third-order valence-electron chi connectivity index (χ3n) is 5.94. The fourth-order valence-electron chi connectivity index (χ4n) is 4.44. The summed E-state index contributed by atoms with van der Waals surface area (Å²) in [6.45, 7) is 7.76. The Kier molecular flexibility index (Phi) is 3.60. The highest BCUT2D eigenvalue weighted by Crippen LogP contribution is 2.43. The first-order valence-corrected chi connectivity index (χ1v) is 8.62. The summed E-state index contributed by atoms with van der Waals surface area (Å²) in [4.78, 5) is 5.46. The monoisotopic (exact) mass is 332 g/mol. The Bertz CT molecular complexity index is 792. The Morgan fingerprint density at radius 3 is 2.83 bits per heavy atom. The van der Waals surface area contributed by atoms with Crippen LogP contribution in [0.3, 0.4) is 0 Å². The van der Waals surface area contributed by atoms with Gasteiger partial charge in [0.15, 0.2) is 0 Å². The van der Waals surface area contributed by atoms with Crippen LogP contribution in [0.15, 0.2) is 6.07 Å². The summed E-state index contributed by atoms with van der Waals surface area (Å²) in [5.74, 6) is -0.299. The van der Waals surface area contributed by atoms with Gasteiger partial charge in [0.2, 0.25) is 0 Å². The van der Waals surface area contributed by atoms with Gasteiger partial charge in [-0.05, 0) is 44.9 Å². The van der Waals surface area contributed by atoms with Gasteiger partial charge >= 0.3 is 0 Å². The second-order valence-electron chi connectivity index (χ2n) is 7.46. The highest BCUT2D eigenvalue weighted by Gasteiger charge is 2.41. The largest absolute Gasteiger partial charge is 0.374 e. The molecule has 1 aromatic heterocycles. The number of hydrogen-bond donors (Lipinski definition) is 4. The van der Waals surface area contributed by atoms with E-state index in [1.165, 1.54) is 6.07 Å². The molecule has 2 unspecified atom stereocenters. The van der Waals surface area contributed by atoms with Crippen molar-refractivity contribution in [3.05, 3.63) is 28.7 Å². The molecule has 5 nitrogen and oxygen atoms in total. The smallest absolute Gasteiger partial charge is 0.147 e. The van der Waals surface area contributed by atoms with Gasteiger partial charge in [0, 0.05) is 41.7 Å². The molecule has 3 heterocycles. The average Bonchev–Trinajstić information content (AvgIpc) is 3.23. The second-order valence-corrected chi connectivity index (χ2v) is 7.46. The van der Waals surface area contributed by atoms with Gasteiger partial charge in [0.25, 0.3) is 0 Å². The van der Waals surface area contributed by atoms with Crippen LogP contribution in [-0.4, -0.2) is 36.3 Å². The molecular weight excluding hydrogens is 307 g/mol. The molecule has 2 saturated heterocycles. The van der Waals surface area contributed by atoms with E-state index in [1.807, 2.05) is 13.8 Å². The first kappa shape index (κ1) is 15.9. The molecule has 2 atom stereocenters. The van der Waals surface area contributed by atoms with Gasteiger partial charge in [-0.25, -0.2) is 4.39 Å². The highest BCUT2D eigenvalue weighted by atomic mass is 19.1. The van der Waals surface area contributed by atoms with Crippen LogP contribution >= 0.6 is 0 Å². The number of aliphatic hydroxyl groups excluding tert-OH is 1. The molecule has 6 heteroatoms. The quantitative estimate of drug-likeness (QED) is 0.635. The van der Waals surface area contributed by atoms with E-state index in [0.717, 1.165) is 61.2 Å². The van der Waals surface area contributed by atoms with Crippen molar-refractivity contribution in [1.82, 2.24) is 10.3 Å². The summed E-state index contributed by atoms with van der Waals surface area (Å²) in [5.41, 5.74) is 9.74. The van der Waals surface area contributed by atoms with Crippen molar-refractivity contribution < 1.29 is 9.50 Å². The molecule has 2 aromatic rings. The minimum atomic E-state index is -1.20. The Morgan fingerprint density at radius 2 is 2.17 bits per heavy atom. The van der Waals surface area contributed by atoms with Crippen molar-refractivity contribution in [1.29, 1.82) is 0 Å². The molecule has 1 spiro atoms. The third-order valence-corrected chi connectivity index (χ3v) is 5.94. The van der Waals surface area contributed by atoms with Crippen LogP contribution in [0.2, 0.25) is 0 Å². The number of nitrogens with zero attached hydrogens (tertiary/aromatic N) is 1. The van der Waals surface area contributed by atoms with Gasteiger partial charge < -0.3 is 26.0 Å². The van der Waals surface area contributed by atoms with Gasteiger partial charge in [-0.15, -0.1) is 0 Å². The van der Waals surface area contributed by atoms with Gasteiger partial charge in [-0.3, -0.25) is 0 Å². The summed E-state index contributed by atoms with van der Waals surface area (Å²) in [6, 6.07) is 1.38. The summed E-state index contributed by atoms with van der Waals surface area (Å²) >= 11 is 0. The maximum absolute atomic E-state index is 15.0. The number of nitrogens with one attached hydrogen (secondary N) is 2. The maximum Gasteiger partial charge on any atom is 0.147 e. The molecular formula is C18H25FN4O. The number of nitrogens with two attached hydrogens (primary N) is 1. The third kappa shape index (κ3) is 2.24. The molecule has 24 heavy (non-hydrogen) atoms. The topological polar surface area (TPSA) is 77.3 Å². The number of rotatable bonds is 2. The Morgan fingerprint density at radius 1 is 1.38 bits per heavy atom. The zero-order valence-corrected chi connectivity index (χ0v) is 14.2. The van der Waals surface area contributed by atoms with E-state index in [0.29, 0.717) is 11.3 Å². The van der Waals surface area contributed by atoms with E-state index in [2.05, 4.69) is 15.2 Å². The van der Waals surface area contributed by atoms with Crippen LogP contribution in [0.5, 0.6) is 0 Å². The number of aromatic amines is 1.